The molecular weight excluding hydrogens is 258 g/mol. The second-order valence-corrected chi connectivity index (χ2v) is 6.66. The first-order chi connectivity index (χ1) is 9.10. The molecule has 2 heterocycles. The van der Waals surface area contributed by atoms with Crippen LogP contribution in [0, 0.1) is 12.8 Å². The fraction of sp³-hybridized carbons (Fsp3) is 0.714. The van der Waals surface area contributed by atoms with Gasteiger partial charge in [-0.15, -0.1) is 11.3 Å². The van der Waals surface area contributed by atoms with E-state index in [2.05, 4.69) is 17.2 Å². The van der Waals surface area contributed by atoms with Crippen LogP contribution in [-0.4, -0.2) is 35.4 Å². The van der Waals surface area contributed by atoms with Crippen LogP contribution < -0.4 is 5.32 Å². The molecule has 4 nitrogen and oxygen atoms in total. The quantitative estimate of drug-likeness (QED) is 0.920. The van der Waals surface area contributed by atoms with Gasteiger partial charge in [0.1, 0.15) is 0 Å². The Morgan fingerprint density at radius 2 is 2.42 bits per heavy atom. The summed E-state index contributed by atoms with van der Waals surface area (Å²) in [5, 5.41) is 4.41. The van der Waals surface area contributed by atoms with Crippen molar-refractivity contribution < 1.29 is 4.79 Å². The molecule has 1 amide bonds. The third-order valence-corrected chi connectivity index (χ3v) is 4.72. The number of hydrogen-bond donors (Lipinski definition) is 1. The monoisotopic (exact) mass is 281 g/mol. The Kier molecular flexibility index (Phi) is 4.93. The van der Waals surface area contributed by atoms with Gasteiger partial charge in [0, 0.05) is 18.1 Å². The van der Waals surface area contributed by atoms with Crippen LogP contribution in [0.1, 0.15) is 36.1 Å². The zero-order valence-electron chi connectivity index (χ0n) is 12.0. The highest BCUT2D eigenvalue weighted by Gasteiger charge is 2.28. The van der Waals surface area contributed by atoms with E-state index in [1.54, 1.807) is 11.3 Å². The molecule has 5 heteroatoms. The van der Waals surface area contributed by atoms with Gasteiger partial charge < -0.3 is 10.2 Å². The molecular formula is C14H23N3OS. The number of thiazole rings is 1. The van der Waals surface area contributed by atoms with Crippen LogP contribution in [0.25, 0.3) is 0 Å². The molecule has 0 spiro atoms. The lowest BCUT2D eigenvalue weighted by molar-refractivity contribution is -0.133. The number of nitrogens with zero attached hydrogens (tertiary/aromatic N) is 2. The normalized spacial score (nSPS) is 23.3. The van der Waals surface area contributed by atoms with Crippen LogP contribution in [0.3, 0.4) is 0 Å². The maximum atomic E-state index is 12.4. The maximum absolute atomic E-state index is 12.4. The van der Waals surface area contributed by atoms with Crippen molar-refractivity contribution in [3.05, 3.63) is 16.1 Å². The van der Waals surface area contributed by atoms with E-state index in [4.69, 9.17) is 0 Å². The van der Waals surface area contributed by atoms with Gasteiger partial charge >= 0.3 is 0 Å². The van der Waals surface area contributed by atoms with E-state index in [1.807, 2.05) is 25.1 Å². The number of amides is 1. The fourth-order valence-electron chi connectivity index (χ4n) is 2.61. The Morgan fingerprint density at radius 1 is 1.63 bits per heavy atom. The van der Waals surface area contributed by atoms with E-state index in [-0.39, 0.29) is 11.9 Å². The SMILES string of the molecule is CCC1CCNC(C(=O)N(C)Cc2cnc(C)s2)C1. The van der Waals surface area contributed by atoms with Crippen molar-refractivity contribution in [2.75, 3.05) is 13.6 Å². The lowest BCUT2D eigenvalue weighted by Gasteiger charge is -2.31. The third-order valence-electron chi connectivity index (χ3n) is 3.83. The molecule has 1 aliphatic heterocycles. The van der Waals surface area contributed by atoms with Crippen molar-refractivity contribution >= 4 is 17.2 Å². The van der Waals surface area contributed by atoms with Crippen LogP contribution in [0.5, 0.6) is 0 Å². The summed E-state index contributed by atoms with van der Waals surface area (Å²) < 4.78 is 0. The molecule has 1 saturated heterocycles. The van der Waals surface area contributed by atoms with Crippen molar-refractivity contribution in [3.8, 4) is 0 Å². The Balaban J connectivity index is 1.91. The molecule has 0 aromatic carbocycles. The summed E-state index contributed by atoms with van der Waals surface area (Å²) in [6.45, 7) is 5.83. The van der Waals surface area contributed by atoms with Gasteiger partial charge in [-0.1, -0.05) is 13.3 Å². The number of aromatic nitrogens is 1. The number of rotatable bonds is 4. The minimum Gasteiger partial charge on any atom is -0.339 e. The molecule has 1 aromatic rings. The number of carbonyl (C=O) groups excluding carboxylic acids is 1. The number of likely N-dealkylation sites (N-methyl/N-ethyl adjacent to an activating group) is 1. The molecule has 1 aromatic heterocycles. The zero-order valence-corrected chi connectivity index (χ0v) is 12.8. The molecule has 2 unspecified atom stereocenters. The van der Waals surface area contributed by atoms with Crippen LogP contribution in [0.15, 0.2) is 6.20 Å². The lowest BCUT2D eigenvalue weighted by atomic mass is 9.90. The minimum absolute atomic E-state index is 0.00211. The van der Waals surface area contributed by atoms with Crippen LogP contribution in [-0.2, 0) is 11.3 Å². The summed E-state index contributed by atoms with van der Waals surface area (Å²) in [5.74, 6) is 0.901. The summed E-state index contributed by atoms with van der Waals surface area (Å²) in [6, 6.07) is -0.00211. The molecule has 106 valence electrons. The molecule has 2 atom stereocenters. The van der Waals surface area contributed by atoms with Gasteiger partial charge in [0.2, 0.25) is 5.91 Å². The topological polar surface area (TPSA) is 45.2 Å². The Labute approximate surface area is 119 Å². The zero-order chi connectivity index (χ0) is 13.8. The minimum atomic E-state index is -0.00211. The molecule has 1 fully saturated rings. The summed E-state index contributed by atoms with van der Waals surface area (Å²) in [7, 11) is 1.88. The summed E-state index contributed by atoms with van der Waals surface area (Å²) in [4.78, 5) is 19.6. The highest BCUT2D eigenvalue weighted by atomic mass is 32.1. The van der Waals surface area contributed by atoms with Gasteiger partial charge in [0.15, 0.2) is 0 Å². The van der Waals surface area contributed by atoms with Gasteiger partial charge in [-0.05, 0) is 32.2 Å². The lowest BCUT2D eigenvalue weighted by Crippen LogP contribution is -2.48. The van der Waals surface area contributed by atoms with E-state index >= 15 is 0 Å². The van der Waals surface area contributed by atoms with Gasteiger partial charge in [-0.3, -0.25) is 4.79 Å². The summed E-state index contributed by atoms with van der Waals surface area (Å²) in [6.07, 6.45) is 5.20. The Morgan fingerprint density at radius 3 is 3.05 bits per heavy atom. The number of carbonyl (C=O) groups is 1. The second-order valence-electron chi connectivity index (χ2n) is 5.35. The molecule has 19 heavy (non-hydrogen) atoms. The molecule has 0 saturated carbocycles. The number of piperidine rings is 1. The van der Waals surface area contributed by atoms with Crippen molar-refractivity contribution in [2.45, 2.75) is 45.7 Å². The highest BCUT2D eigenvalue weighted by molar-refractivity contribution is 7.11. The van der Waals surface area contributed by atoms with E-state index < -0.39 is 0 Å². The van der Waals surface area contributed by atoms with Crippen LogP contribution in [0.4, 0.5) is 0 Å². The van der Waals surface area contributed by atoms with Crippen molar-refractivity contribution in [1.29, 1.82) is 0 Å². The van der Waals surface area contributed by atoms with Crippen LogP contribution >= 0.6 is 11.3 Å². The van der Waals surface area contributed by atoms with E-state index in [0.29, 0.717) is 12.5 Å². The number of nitrogens with one attached hydrogen (secondary N) is 1. The standard InChI is InChI=1S/C14H23N3OS/c1-4-11-5-6-15-13(7-11)14(18)17(3)9-12-8-16-10(2)19-12/h8,11,13,15H,4-7,9H2,1-3H3. The summed E-state index contributed by atoms with van der Waals surface area (Å²) >= 11 is 1.66. The smallest absolute Gasteiger partial charge is 0.239 e. The molecule has 0 radical (unpaired) electrons. The van der Waals surface area contributed by atoms with Crippen molar-refractivity contribution in [3.63, 3.8) is 0 Å². The average molecular weight is 281 g/mol. The first-order valence-electron chi connectivity index (χ1n) is 6.99. The predicted molar refractivity (Wildman–Crippen MR) is 78.1 cm³/mol. The van der Waals surface area contributed by atoms with Gasteiger partial charge in [-0.25, -0.2) is 4.98 Å². The first-order valence-corrected chi connectivity index (χ1v) is 7.81. The van der Waals surface area contributed by atoms with E-state index in [1.165, 1.54) is 12.8 Å². The largest absolute Gasteiger partial charge is 0.339 e. The van der Waals surface area contributed by atoms with Crippen LogP contribution in [0.2, 0.25) is 0 Å². The summed E-state index contributed by atoms with van der Waals surface area (Å²) in [5.41, 5.74) is 0. The van der Waals surface area contributed by atoms with Crippen molar-refractivity contribution in [2.24, 2.45) is 5.92 Å². The number of hydrogen-bond acceptors (Lipinski definition) is 4. The molecule has 0 bridgehead atoms. The van der Waals surface area contributed by atoms with Gasteiger partial charge in [0.25, 0.3) is 0 Å². The number of aryl methyl sites for hydroxylation is 1. The Bertz CT molecular complexity index is 432. The highest BCUT2D eigenvalue weighted by Crippen LogP contribution is 2.21. The average Bonchev–Trinajstić information content (AvgIpc) is 2.83. The van der Waals surface area contributed by atoms with Crippen molar-refractivity contribution in [1.82, 2.24) is 15.2 Å². The van der Waals surface area contributed by atoms with Gasteiger partial charge in [0.05, 0.1) is 17.6 Å². The maximum Gasteiger partial charge on any atom is 0.239 e. The first kappa shape index (κ1) is 14.5. The molecule has 1 aliphatic rings. The Hall–Kier alpha value is -0.940. The van der Waals surface area contributed by atoms with Gasteiger partial charge in [-0.2, -0.15) is 0 Å². The van der Waals surface area contributed by atoms with E-state index in [0.717, 1.165) is 22.9 Å². The van der Waals surface area contributed by atoms with E-state index in [9.17, 15) is 4.79 Å². The molecule has 2 rings (SSSR count). The second kappa shape index (κ2) is 6.48. The predicted octanol–water partition coefficient (Wildman–Crippen LogP) is 2.19. The molecule has 0 aliphatic carbocycles. The third kappa shape index (κ3) is 3.76. The fourth-order valence-corrected chi connectivity index (χ4v) is 3.46. The molecule has 1 N–H and O–H groups in total.